The van der Waals surface area contributed by atoms with Crippen LogP contribution in [0.2, 0.25) is 19.6 Å². The van der Waals surface area contributed by atoms with Crippen LogP contribution in [0.25, 0.3) is 22.5 Å². The third-order valence-electron chi connectivity index (χ3n) is 5.68. The topological polar surface area (TPSA) is 25.8 Å². The summed E-state index contributed by atoms with van der Waals surface area (Å²) in [5, 5.41) is 1.39. The van der Waals surface area contributed by atoms with Crippen LogP contribution < -0.4 is 5.19 Å². The van der Waals surface area contributed by atoms with Crippen LogP contribution in [-0.4, -0.2) is 18.0 Å². The van der Waals surface area contributed by atoms with Gasteiger partial charge in [-0.05, 0) is 29.1 Å². The molecule has 0 unspecified atom stereocenters. The molecule has 0 aliphatic rings. The van der Waals surface area contributed by atoms with Gasteiger partial charge in [0.15, 0.2) is 0 Å². The number of rotatable bonds is 5. The van der Waals surface area contributed by atoms with E-state index >= 15 is 0 Å². The Kier molecular flexibility index (Phi) is 10.1. The van der Waals surface area contributed by atoms with E-state index in [1.54, 1.807) is 6.20 Å². The Hall–Kier alpha value is -3.17. The van der Waals surface area contributed by atoms with Crippen molar-refractivity contribution in [3.63, 3.8) is 0 Å². The minimum absolute atomic E-state index is 0. The summed E-state index contributed by atoms with van der Waals surface area (Å²) in [4.78, 5) is 8.85. The van der Waals surface area contributed by atoms with Gasteiger partial charge in [0.05, 0.1) is 8.07 Å². The summed E-state index contributed by atoms with van der Waals surface area (Å²) in [6.07, 6.45) is 4.77. The van der Waals surface area contributed by atoms with Crippen LogP contribution in [0.3, 0.4) is 0 Å². The Labute approximate surface area is 229 Å². The maximum Gasteiger partial charge on any atom is 0.0795 e. The zero-order chi connectivity index (χ0) is 24.5. The van der Waals surface area contributed by atoms with Crippen LogP contribution in [0.4, 0.5) is 0 Å². The van der Waals surface area contributed by atoms with Crippen LogP contribution in [0.5, 0.6) is 0 Å². The molecular formula is C32H30IrN2Si-2. The van der Waals surface area contributed by atoms with Crippen LogP contribution >= 0.6 is 0 Å². The molecule has 2 aromatic heterocycles. The summed E-state index contributed by atoms with van der Waals surface area (Å²) >= 11 is 0. The van der Waals surface area contributed by atoms with Gasteiger partial charge in [-0.1, -0.05) is 79.8 Å². The summed E-state index contributed by atoms with van der Waals surface area (Å²) in [6.45, 7) is 7.02. The Morgan fingerprint density at radius 3 is 1.94 bits per heavy atom. The van der Waals surface area contributed by atoms with Gasteiger partial charge < -0.3 is 9.97 Å². The van der Waals surface area contributed by atoms with E-state index in [0.29, 0.717) is 0 Å². The normalized spacial score (nSPS) is 10.5. The van der Waals surface area contributed by atoms with Crippen molar-refractivity contribution in [2.45, 2.75) is 26.1 Å². The molecule has 0 aliphatic carbocycles. The van der Waals surface area contributed by atoms with Crippen LogP contribution in [0.1, 0.15) is 11.1 Å². The molecule has 183 valence electrons. The Bertz CT molecular complexity index is 1260. The van der Waals surface area contributed by atoms with Crippen molar-refractivity contribution in [3.05, 3.63) is 139 Å². The van der Waals surface area contributed by atoms with Crippen LogP contribution in [0.15, 0.2) is 116 Å². The first-order chi connectivity index (χ1) is 17.0. The first kappa shape index (κ1) is 27.4. The van der Waals surface area contributed by atoms with Gasteiger partial charge in [0, 0.05) is 32.5 Å². The second kappa shape index (κ2) is 13.2. The SMILES string of the molecule is C[Si](C)(C)c1ccc(-c2[c-]cc(Cc3ccccc3)cc2)nc1.[Ir].[c-]1ccccc1-c1ccccn1. The molecule has 0 fully saturated rings. The van der Waals surface area contributed by atoms with E-state index in [9.17, 15) is 0 Å². The summed E-state index contributed by atoms with van der Waals surface area (Å²) in [5.41, 5.74) is 6.67. The molecule has 0 saturated heterocycles. The molecule has 0 bridgehead atoms. The minimum Gasteiger partial charge on any atom is -0.305 e. The Morgan fingerprint density at radius 2 is 1.36 bits per heavy atom. The largest absolute Gasteiger partial charge is 0.305 e. The van der Waals surface area contributed by atoms with Gasteiger partial charge in [-0.2, -0.15) is 0 Å². The fraction of sp³-hybridized carbons (Fsp3) is 0.125. The van der Waals surface area contributed by atoms with Crippen molar-refractivity contribution >= 4 is 13.3 Å². The summed E-state index contributed by atoms with van der Waals surface area (Å²) in [6, 6.07) is 41.4. The van der Waals surface area contributed by atoms with Gasteiger partial charge in [-0.3, -0.25) is 0 Å². The van der Waals surface area contributed by atoms with Gasteiger partial charge in [-0.15, -0.1) is 71.3 Å². The number of hydrogen-bond donors (Lipinski definition) is 0. The maximum atomic E-state index is 4.63. The van der Waals surface area contributed by atoms with E-state index < -0.39 is 8.07 Å². The molecule has 5 rings (SSSR count). The average Bonchev–Trinajstić information content (AvgIpc) is 2.91. The third kappa shape index (κ3) is 7.92. The Balaban J connectivity index is 0.000000234. The fourth-order valence-corrected chi connectivity index (χ4v) is 4.66. The summed E-state index contributed by atoms with van der Waals surface area (Å²) in [5.74, 6) is 0. The van der Waals surface area contributed by atoms with Crippen molar-refractivity contribution < 1.29 is 20.1 Å². The van der Waals surface area contributed by atoms with Gasteiger partial charge in [-0.25, -0.2) is 0 Å². The number of hydrogen-bond acceptors (Lipinski definition) is 2. The summed E-state index contributed by atoms with van der Waals surface area (Å²) < 4.78 is 0. The Morgan fingerprint density at radius 1 is 0.639 bits per heavy atom. The zero-order valence-electron chi connectivity index (χ0n) is 20.9. The number of benzene rings is 3. The zero-order valence-corrected chi connectivity index (χ0v) is 24.3. The third-order valence-corrected chi connectivity index (χ3v) is 7.71. The monoisotopic (exact) mass is 663 g/mol. The molecule has 4 heteroatoms. The fourth-order valence-electron chi connectivity index (χ4n) is 3.63. The second-order valence-electron chi connectivity index (χ2n) is 9.45. The number of nitrogens with zero attached hydrogens (tertiary/aromatic N) is 2. The van der Waals surface area contributed by atoms with E-state index in [-0.39, 0.29) is 20.1 Å². The molecule has 0 saturated carbocycles. The van der Waals surface area contributed by atoms with Crippen molar-refractivity contribution in [3.8, 4) is 22.5 Å². The molecule has 36 heavy (non-hydrogen) atoms. The standard InChI is InChI=1S/C21H22NSi.C11H8N.Ir/c1-23(2,3)20-13-14-21(22-16-20)19-11-9-18(10-12-19)15-17-7-5-4-6-8-17;1-2-6-10(7-3-1)11-8-4-5-9-12-11;/h4-11,13-14,16H,15H2,1-3H3;1-6,8-9H;/q2*-1;. The van der Waals surface area contributed by atoms with Crippen molar-refractivity contribution in [2.24, 2.45) is 0 Å². The molecule has 0 N–H and O–H groups in total. The van der Waals surface area contributed by atoms with Gasteiger partial charge in [0.2, 0.25) is 0 Å². The molecule has 5 aromatic rings. The van der Waals surface area contributed by atoms with Gasteiger partial charge in [0.1, 0.15) is 0 Å². The number of aromatic nitrogens is 2. The van der Waals surface area contributed by atoms with Crippen molar-refractivity contribution in [2.75, 3.05) is 0 Å². The van der Waals surface area contributed by atoms with Crippen molar-refractivity contribution in [1.82, 2.24) is 9.97 Å². The summed E-state index contributed by atoms with van der Waals surface area (Å²) in [7, 11) is -1.28. The van der Waals surface area contributed by atoms with Crippen LogP contribution in [-0.2, 0) is 26.5 Å². The molecule has 2 nitrogen and oxygen atoms in total. The van der Waals surface area contributed by atoms with E-state index in [1.807, 2.05) is 48.7 Å². The molecule has 2 heterocycles. The van der Waals surface area contributed by atoms with Crippen molar-refractivity contribution in [1.29, 1.82) is 0 Å². The predicted molar refractivity (Wildman–Crippen MR) is 149 cm³/mol. The quantitative estimate of drug-likeness (QED) is 0.147. The minimum atomic E-state index is -1.28. The van der Waals surface area contributed by atoms with Gasteiger partial charge >= 0.3 is 0 Å². The first-order valence-electron chi connectivity index (χ1n) is 11.9. The van der Waals surface area contributed by atoms with Crippen LogP contribution in [0, 0.1) is 12.1 Å². The van der Waals surface area contributed by atoms with E-state index in [2.05, 4.69) is 102 Å². The van der Waals surface area contributed by atoms with E-state index in [0.717, 1.165) is 28.9 Å². The molecule has 1 radical (unpaired) electrons. The van der Waals surface area contributed by atoms with E-state index in [4.69, 9.17) is 0 Å². The predicted octanol–water partition coefficient (Wildman–Crippen LogP) is 7.23. The van der Waals surface area contributed by atoms with Gasteiger partial charge in [0.25, 0.3) is 0 Å². The molecule has 0 amide bonds. The maximum absolute atomic E-state index is 4.63. The molecular weight excluding hydrogens is 633 g/mol. The molecule has 0 aliphatic heterocycles. The average molecular weight is 663 g/mol. The first-order valence-corrected chi connectivity index (χ1v) is 15.4. The number of pyridine rings is 2. The molecule has 0 atom stereocenters. The molecule has 3 aromatic carbocycles. The van der Waals surface area contributed by atoms with E-state index in [1.165, 1.54) is 16.3 Å². The second-order valence-corrected chi connectivity index (χ2v) is 14.5. The molecule has 0 spiro atoms. The smallest absolute Gasteiger partial charge is 0.0795 e.